The summed E-state index contributed by atoms with van der Waals surface area (Å²) in [5.74, 6) is 0.173. The number of hydrogen-bond donors (Lipinski definition) is 0. The molecular weight excluding hydrogens is 294 g/mol. The molecule has 2 heteroatoms. The third-order valence-electron chi connectivity index (χ3n) is 4.51. The summed E-state index contributed by atoms with van der Waals surface area (Å²) >= 11 is 0. The van der Waals surface area contributed by atoms with Crippen molar-refractivity contribution in [1.29, 1.82) is 0 Å². The summed E-state index contributed by atoms with van der Waals surface area (Å²) in [6.07, 6.45) is 0. The molecule has 2 aromatic carbocycles. The van der Waals surface area contributed by atoms with Crippen LogP contribution in [0.25, 0.3) is 0 Å². The molecule has 2 nitrogen and oxygen atoms in total. The van der Waals surface area contributed by atoms with Crippen molar-refractivity contribution in [1.82, 2.24) is 4.90 Å². The first-order chi connectivity index (χ1) is 11.2. The summed E-state index contributed by atoms with van der Waals surface area (Å²) < 4.78 is 0. The van der Waals surface area contributed by atoms with Gasteiger partial charge in [-0.1, -0.05) is 57.2 Å². The Morgan fingerprint density at radius 1 is 0.958 bits per heavy atom. The molecule has 0 aromatic heterocycles. The van der Waals surface area contributed by atoms with E-state index in [0.29, 0.717) is 6.54 Å². The predicted octanol–water partition coefficient (Wildman–Crippen LogP) is 4.92. The first-order valence-electron chi connectivity index (χ1n) is 8.55. The van der Waals surface area contributed by atoms with Crippen LogP contribution in [0.1, 0.15) is 53.4 Å². The highest BCUT2D eigenvalue weighted by Gasteiger charge is 2.14. The zero-order valence-electron chi connectivity index (χ0n) is 15.8. The molecule has 0 radical (unpaired) electrons. The Morgan fingerprint density at radius 2 is 1.58 bits per heavy atom. The minimum absolute atomic E-state index is 0.170. The van der Waals surface area contributed by atoms with E-state index in [1.165, 1.54) is 22.3 Å². The Labute approximate surface area is 146 Å². The molecule has 0 N–H and O–H groups in total. The molecule has 0 aliphatic carbocycles. The van der Waals surface area contributed by atoms with E-state index in [4.69, 9.17) is 0 Å². The van der Waals surface area contributed by atoms with Gasteiger partial charge in [-0.2, -0.15) is 0 Å². The number of rotatable bonds is 5. The van der Waals surface area contributed by atoms with Crippen molar-refractivity contribution >= 4 is 5.78 Å². The third-order valence-corrected chi connectivity index (χ3v) is 4.51. The topological polar surface area (TPSA) is 20.3 Å². The average molecular weight is 323 g/mol. The standard InChI is InChI=1S/C22H29NO/c1-16-7-10-19(13-17(16)2)21(24)15-23(6)14-18-8-11-20(12-9-18)22(3,4)5/h7-13H,14-15H2,1-6H3. The van der Waals surface area contributed by atoms with Gasteiger partial charge in [-0.25, -0.2) is 0 Å². The van der Waals surface area contributed by atoms with Gasteiger partial charge in [0.05, 0.1) is 6.54 Å². The van der Waals surface area contributed by atoms with Crippen molar-refractivity contribution in [2.75, 3.05) is 13.6 Å². The van der Waals surface area contributed by atoms with Gasteiger partial charge in [-0.15, -0.1) is 0 Å². The maximum Gasteiger partial charge on any atom is 0.176 e. The Balaban J connectivity index is 1.98. The van der Waals surface area contributed by atoms with Crippen molar-refractivity contribution in [3.8, 4) is 0 Å². The summed E-state index contributed by atoms with van der Waals surface area (Å²) in [4.78, 5) is 14.5. The summed E-state index contributed by atoms with van der Waals surface area (Å²) in [5, 5.41) is 0. The molecule has 2 aromatic rings. The van der Waals surface area contributed by atoms with Crippen molar-refractivity contribution in [3.63, 3.8) is 0 Å². The van der Waals surface area contributed by atoms with Crippen molar-refractivity contribution in [2.24, 2.45) is 0 Å². The van der Waals surface area contributed by atoms with Crippen LogP contribution in [-0.4, -0.2) is 24.3 Å². The summed E-state index contributed by atoms with van der Waals surface area (Å²) in [5.41, 5.74) is 5.93. The molecule has 0 unspecified atom stereocenters. The molecule has 0 spiro atoms. The largest absolute Gasteiger partial charge is 0.295 e. The molecule has 0 aliphatic heterocycles. The number of carbonyl (C=O) groups excluding carboxylic acids is 1. The predicted molar refractivity (Wildman–Crippen MR) is 102 cm³/mol. The molecule has 0 aliphatic rings. The molecule has 0 fully saturated rings. The molecule has 2 rings (SSSR count). The third kappa shape index (κ3) is 4.78. The van der Waals surface area contributed by atoms with Crippen LogP contribution in [0.3, 0.4) is 0 Å². The molecule has 0 amide bonds. The maximum atomic E-state index is 12.5. The fraction of sp³-hybridized carbons (Fsp3) is 0.409. The van der Waals surface area contributed by atoms with Gasteiger partial charge in [0.1, 0.15) is 0 Å². The number of aryl methyl sites for hydroxylation is 2. The van der Waals surface area contributed by atoms with Crippen LogP contribution in [-0.2, 0) is 12.0 Å². The van der Waals surface area contributed by atoms with Crippen LogP contribution in [0.5, 0.6) is 0 Å². The van der Waals surface area contributed by atoms with Crippen LogP contribution in [0.4, 0.5) is 0 Å². The molecule has 0 saturated heterocycles. The molecule has 0 bridgehead atoms. The van der Waals surface area contributed by atoms with Gasteiger partial charge < -0.3 is 0 Å². The minimum atomic E-state index is 0.170. The minimum Gasteiger partial charge on any atom is -0.295 e. The molecule has 0 atom stereocenters. The van der Waals surface area contributed by atoms with Gasteiger partial charge >= 0.3 is 0 Å². The summed E-state index contributed by atoms with van der Waals surface area (Å²) in [7, 11) is 2.00. The molecule has 128 valence electrons. The number of hydrogen-bond acceptors (Lipinski definition) is 2. The van der Waals surface area contributed by atoms with E-state index >= 15 is 0 Å². The van der Waals surface area contributed by atoms with Gasteiger partial charge in [0, 0.05) is 12.1 Å². The lowest BCUT2D eigenvalue weighted by Crippen LogP contribution is -2.25. The van der Waals surface area contributed by atoms with E-state index in [9.17, 15) is 4.79 Å². The average Bonchev–Trinajstić information content (AvgIpc) is 2.49. The van der Waals surface area contributed by atoms with Gasteiger partial charge in [-0.05, 0) is 54.6 Å². The highest BCUT2D eigenvalue weighted by atomic mass is 16.1. The van der Waals surface area contributed by atoms with Crippen molar-refractivity contribution in [3.05, 3.63) is 70.3 Å². The van der Waals surface area contributed by atoms with E-state index in [1.54, 1.807) is 0 Å². The Hall–Kier alpha value is -1.93. The van der Waals surface area contributed by atoms with Crippen LogP contribution < -0.4 is 0 Å². The normalized spacial score (nSPS) is 11.8. The zero-order chi connectivity index (χ0) is 17.9. The van der Waals surface area contributed by atoms with E-state index in [2.05, 4.69) is 56.9 Å². The Morgan fingerprint density at radius 3 is 2.12 bits per heavy atom. The summed E-state index contributed by atoms with van der Waals surface area (Å²) in [6.45, 7) is 12.0. The first-order valence-corrected chi connectivity index (χ1v) is 8.55. The van der Waals surface area contributed by atoms with Crippen LogP contribution >= 0.6 is 0 Å². The number of ketones is 1. The van der Waals surface area contributed by atoms with Crippen molar-refractivity contribution < 1.29 is 4.79 Å². The lowest BCUT2D eigenvalue weighted by Gasteiger charge is -2.20. The first kappa shape index (κ1) is 18.4. The smallest absolute Gasteiger partial charge is 0.176 e. The SMILES string of the molecule is Cc1ccc(C(=O)CN(C)Cc2ccc(C(C)(C)C)cc2)cc1C. The van der Waals surface area contributed by atoms with Crippen LogP contribution in [0.15, 0.2) is 42.5 Å². The van der Waals surface area contributed by atoms with Crippen LogP contribution in [0, 0.1) is 13.8 Å². The van der Waals surface area contributed by atoms with Gasteiger partial charge in [-0.3, -0.25) is 9.69 Å². The van der Waals surface area contributed by atoms with E-state index in [0.717, 1.165) is 12.1 Å². The fourth-order valence-electron chi connectivity index (χ4n) is 2.73. The number of likely N-dealkylation sites (N-methyl/N-ethyl adjacent to an activating group) is 1. The van der Waals surface area contributed by atoms with E-state index in [-0.39, 0.29) is 11.2 Å². The molecule has 24 heavy (non-hydrogen) atoms. The molecular formula is C22H29NO. The van der Waals surface area contributed by atoms with Gasteiger partial charge in [0.25, 0.3) is 0 Å². The molecule has 0 saturated carbocycles. The van der Waals surface area contributed by atoms with Crippen LogP contribution in [0.2, 0.25) is 0 Å². The second-order valence-corrected chi connectivity index (χ2v) is 7.84. The highest BCUT2D eigenvalue weighted by molar-refractivity contribution is 5.97. The highest BCUT2D eigenvalue weighted by Crippen LogP contribution is 2.22. The number of carbonyl (C=O) groups is 1. The molecule has 0 heterocycles. The monoisotopic (exact) mass is 323 g/mol. The van der Waals surface area contributed by atoms with E-state index in [1.807, 2.05) is 32.2 Å². The second-order valence-electron chi connectivity index (χ2n) is 7.84. The lowest BCUT2D eigenvalue weighted by atomic mass is 9.87. The summed E-state index contributed by atoms with van der Waals surface area (Å²) in [6, 6.07) is 14.6. The fourth-order valence-corrected chi connectivity index (χ4v) is 2.73. The second kappa shape index (κ2) is 7.31. The Bertz CT molecular complexity index is 708. The number of nitrogens with zero attached hydrogens (tertiary/aromatic N) is 1. The quantitative estimate of drug-likeness (QED) is 0.728. The van der Waals surface area contributed by atoms with E-state index < -0.39 is 0 Å². The number of benzene rings is 2. The lowest BCUT2D eigenvalue weighted by molar-refractivity contribution is 0.0943. The zero-order valence-corrected chi connectivity index (χ0v) is 15.8. The number of Topliss-reactive ketones (excluding diaryl/α,β-unsaturated/α-hetero) is 1. The van der Waals surface area contributed by atoms with Gasteiger partial charge in [0.2, 0.25) is 0 Å². The van der Waals surface area contributed by atoms with Crippen molar-refractivity contribution in [2.45, 2.75) is 46.6 Å². The van der Waals surface area contributed by atoms with Gasteiger partial charge in [0.15, 0.2) is 5.78 Å². The maximum absolute atomic E-state index is 12.5. The Kier molecular flexibility index (Phi) is 5.61.